The lowest BCUT2D eigenvalue weighted by Gasteiger charge is -2.46. The normalized spacial score (nSPS) is 21.9. The standard InChI is InChI=1S/C16H26FN3/c1-16(2)12-20(10-9-19(16)4)11-15(18-3)13-7-5-6-8-14(13)17/h5-8,15,18H,9-12H2,1-4H3. The molecule has 1 aromatic carbocycles. The van der Waals surface area contributed by atoms with Crippen LogP contribution in [0.4, 0.5) is 4.39 Å². The molecule has 0 amide bonds. The van der Waals surface area contributed by atoms with E-state index in [0.717, 1.165) is 31.7 Å². The molecule has 1 aliphatic rings. The van der Waals surface area contributed by atoms with Gasteiger partial charge in [0, 0.05) is 43.3 Å². The number of nitrogens with one attached hydrogen (secondary N) is 1. The molecule has 0 aliphatic carbocycles. The number of halogens is 1. The molecule has 2 rings (SSSR count). The summed E-state index contributed by atoms with van der Waals surface area (Å²) in [6, 6.07) is 7.09. The Morgan fingerprint density at radius 3 is 2.60 bits per heavy atom. The van der Waals surface area contributed by atoms with Crippen molar-refractivity contribution in [2.24, 2.45) is 0 Å². The molecule has 0 spiro atoms. The molecule has 1 heterocycles. The van der Waals surface area contributed by atoms with Crippen LogP contribution in [-0.2, 0) is 0 Å². The summed E-state index contributed by atoms with van der Waals surface area (Å²) in [4.78, 5) is 4.81. The van der Waals surface area contributed by atoms with Gasteiger partial charge in [-0.2, -0.15) is 0 Å². The number of likely N-dealkylation sites (N-methyl/N-ethyl adjacent to an activating group) is 2. The third-order valence-corrected chi connectivity index (χ3v) is 4.47. The SMILES string of the molecule is CNC(CN1CCN(C)C(C)(C)C1)c1ccccc1F. The van der Waals surface area contributed by atoms with Crippen LogP contribution in [0.15, 0.2) is 24.3 Å². The largest absolute Gasteiger partial charge is 0.312 e. The average Bonchev–Trinajstić information content (AvgIpc) is 2.41. The topological polar surface area (TPSA) is 18.5 Å². The maximum absolute atomic E-state index is 13.9. The third kappa shape index (κ3) is 3.37. The molecule has 1 aromatic rings. The van der Waals surface area contributed by atoms with E-state index in [0.29, 0.717) is 0 Å². The number of hydrogen-bond acceptors (Lipinski definition) is 3. The lowest BCUT2D eigenvalue weighted by molar-refractivity contribution is 0.0354. The maximum atomic E-state index is 13.9. The number of piperazine rings is 1. The molecule has 20 heavy (non-hydrogen) atoms. The molecule has 0 aromatic heterocycles. The zero-order chi connectivity index (χ0) is 14.8. The van der Waals surface area contributed by atoms with E-state index in [2.05, 4.69) is 36.0 Å². The first-order valence-corrected chi connectivity index (χ1v) is 7.29. The summed E-state index contributed by atoms with van der Waals surface area (Å²) < 4.78 is 13.9. The second kappa shape index (κ2) is 6.20. The molecular formula is C16H26FN3. The van der Waals surface area contributed by atoms with Gasteiger partial charge in [-0.3, -0.25) is 9.80 Å². The fourth-order valence-electron chi connectivity index (χ4n) is 2.86. The van der Waals surface area contributed by atoms with Crippen LogP contribution in [0, 0.1) is 5.82 Å². The molecule has 1 aliphatic heterocycles. The average molecular weight is 279 g/mol. The van der Waals surface area contributed by atoms with Crippen molar-refractivity contribution >= 4 is 0 Å². The van der Waals surface area contributed by atoms with Gasteiger partial charge in [0.1, 0.15) is 5.82 Å². The van der Waals surface area contributed by atoms with Crippen LogP contribution >= 0.6 is 0 Å². The predicted molar refractivity (Wildman–Crippen MR) is 81.3 cm³/mol. The van der Waals surface area contributed by atoms with Gasteiger partial charge >= 0.3 is 0 Å². The van der Waals surface area contributed by atoms with E-state index in [1.807, 2.05) is 19.2 Å². The van der Waals surface area contributed by atoms with Crippen molar-refractivity contribution in [1.29, 1.82) is 0 Å². The Balaban J connectivity index is 2.06. The fraction of sp³-hybridized carbons (Fsp3) is 0.625. The third-order valence-electron chi connectivity index (χ3n) is 4.47. The molecule has 112 valence electrons. The highest BCUT2D eigenvalue weighted by molar-refractivity contribution is 5.21. The minimum atomic E-state index is -0.125. The second-order valence-corrected chi connectivity index (χ2v) is 6.33. The van der Waals surface area contributed by atoms with Gasteiger partial charge < -0.3 is 5.32 Å². The summed E-state index contributed by atoms with van der Waals surface area (Å²) in [5, 5.41) is 3.25. The number of nitrogens with zero attached hydrogens (tertiary/aromatic N) is 2. The van der Waals surface area contributed by atoms with Gasteiger partial charge in [0.15, 0.2) is 0 Å². The molecule has 1 atom stereocenters. The molecule has 0 bridgehead atoms. The Bertz CT molecular complexity index is 447. The smallest absolute Gasteiger partial charge is 0.128 e. The highest BCUT2D eigenvalue weighted by atomic mass is 19.1. The lowest BCUT2D eigenvalue weighted by Crippen LogP contribution is -2.58. The van der Waals surface area contributed by atoms with Crippen LogP contribution in [-0.4, -0.2) is 55.6 Å². The van der Waals surface area contributed by atoms with E-state index in [1.54, 1.807) is 6.07 Å². The Kier molecular flexibility index (Phi) is 4.78. The van der Waals surface area contributed by atoms with Gasteiger partial charge in [-0.05, 0) is 34.0 Å². The van der Waals surface area contributed by atoms with Crippen LogP contribution < -0.4 is 5.32 Å². The van der Waals surface area contributed by atoms with Crippen molar-refractivity contribution < 1.29 is 4.39 Å². The van der Waals surface area contributed by atoms with Crippen molar-refractivity contribution in [2.75, 3.05) is 40.3 Å². The summed E-state index contributed by atoms with van der Waals surface area (Å²) >= 11 is 0. The number of hydrogen-bond donors (Lipinski definition) is 1. The molecule has 0 radical (unpaired) electrons. The zero-order valence-corrected chi connectivity index (χ0v) is 13.0. The van der Waals surface area contributed by atoms with Crippen LogP contribution in [0.5, 0.6) is 0 Å². The van der Waals surface area contributed by atoms with Crippen molar-refractivity contribution in [2.45, 2.75) is 25.4 Å². The quantitative estimate of drug-likeness (QED) is 0.911. The minimum Gasteiger partial charge on any atom is -0.312 e. The van der Waals surface area contributed by atoms with E-state index in [-0.39, 0.29) is 17.4 Å². The maximum Gasteiger partial charge on any atom is 0.128 e. The number of rotatable bonds is 4. The fourth-order valence-corrected chi connectivity index (χ4v) is 2.86. The Labute approximate surface area is 121 Å². The Morgan fingerprint density at radius 1 is 1.30 bits per heavy atom. The molecular weight excluding hydrogens is 253 g/mol. The van der Waals surface area contributed by atoms with Crippen LogP contribution in [0.25, 0.3) is 0 Å². The van der Waals surface area contributed by atoms with Gasteiger partial charge in [-0.25, -0.2) is 4.39 Å². The van der Waals surface area contributed by atoms with Crippen LogP contribution in [0.2, 0.25) is 0 Å². The highest BCUT2D eigenvalue weighted by Gasteiger charge is 2.32. The van der Waals surface area contributed by atoms with Gasteiger partial charge in [-0.15, -0.1) is 0 Å². The molecule has 1 N–H and O–H groups in total. The summed E-state index contributed by atoms with van der Waals surface area (Å²) in [5.74, 6) is -0.125. The Morgan fingerprint density at radius 2 is 2.00 bits per heavy atom. The predicted octanol–water partition coefficient (Wildman–Crippen LogP) is 2.11. The Hall–Kier alpha value is -0.970. The molecule has 4 heteroatoms. The van der Waals surface area contributed by atoms with E-state index < -0.39 is 0 Å². The van der Waals surface area contributed by atoms with Crippen LogP contribution in [0.1, 0.15) is 25.5 Å². The first-order chi connectivity index (χ1) is 9.44. The van der Waals surface area contributed by atoms with Gasteiger partial charge in [0.2, 0.25) is 0 Å². The first kappa shape index (κ1) is 15.4. The molecule has 3 nitrogen and oxygen atoms in total. The molecule has 1 unspecified atom stereocenters. The van der Waals surface area contributed by atoms with Gasteiger partial charge in [-0.1, -0.05) is 18.2 Å². The van der Waals surface area contributed by atoms with Crippen molar-refractivity contribution in [3.05, 3.63) is 35.6 Å². The van der Waals surface area contributed by atoms with E-state index in [9.17, 15) is 4.39 Å². The zero-order valence-electron chi connectivity index (χ0n) is 13.0. The van der Waals surface area contributed by atoms with Crippen molar-refractivity contribution in [1.82, 2.24) is 15.1 Å². The number of benzene rings is 1. The van der Waals surface area contributed by atoms with Gasteiger partial charge in [0.25, 0.3) is 0 Å². The van der Waals surface area contributed by atoms with Crippen molar-refractivity contribution in [3.63, 3.8) is 0 Å². The van der Waals surface area contributed by atoms with E-state index in [1.165, 1.54) is 6.07 Å². The second-order valence-electron chi connectivity index (χ2n) is 6.33. The van der Waals surface area contributed by atoms with Crippen LogP contribution in [0.3, 0.4) is 0 Å². The van der Waals surface area contributed by atoms with E-state index >= 15 is 0 Å². The monoisotopic (exact) mass is 279 g/mol. The van der Waals surface area contributed by atoms with Gasteiger partial charge in [0.05, 0.1) is 0 Å². The molecule has 0 saturated carbocycles. The minimum absolute atomic E-state index is 0.0374. The first-order valence-electron chi connectivity index (χ1n) is 7.29. The lowest BCUT2D eigenvalue weighted by atomic mass is 9.98. The summed E-state index contributed by atoms with van der Waals surface area (Å²) in [5.41, 5.74) is 0.929. The molecule has 1 fully saturated rings. The molecule has 1 saturated heterocycles. The summed E-state index contributed by atoms with van der Waals surface area (Å²) in [7, 11) is 4.07. The summed E-state index contributed by atoms with van der Waals surface area (Å²) in [6.07, 6.45) is 0. The summed E-state index contributed by atoms with van der Waals surface area (Å²) in [6.45, 7) is 8.46. The van der Waals surface area contributed by atoms with Crippen molar-refractivity contribution in [3.8, 4) is 0 Å². The van der Waals surface area contributed by atoms with E-state index in [4.69, 9.17) is 0 Å². The highest BCUT2D eigenvalue weighted by Crippen LogP contribution is 2.23.